The number of nitrogens with one attached hydrogen (secondary N) is 1. The molecule has 0 aliphatic rings. The summed E-state index contributed by atoms with van der Waals surface area (Å²) in [6, 6.07) is 0. The van der Waals surface area contributed by atoms with E-state index < -0.39 is 5.97 Å². The molecule has 9 heavy (non-hydrogen) atoms. The van der Waals surface area contributed by atoms with Crippen LogP contribution in [0.25, 0.3) is 0 Å². The second kappa shape index (κ2) is 3.79. The van der Waals surface area contributed by atoms with Gasteiger partial charge in [0.05, 0.1) is 0 Å². The van der Waals surface area contributed by atoms with Crippen molar-refractivity contribution in [2.24, 2.45) is 0 Å². The van der Waals surface area contributed by atoms with Gasteiger partial charge in [-0.2, -0.15) is 0 Å². The predicted molar refractivity (Wildman–Crippen MR) is 32.5 cm³/mol. The Hall–Kier alpha value is -0.160. The van der Waals surface area contributed by atoms with E-state index in [4.69, 9.17) is 15.3 Å². The van der Waals surface area contributed by atoms with E-state index in [0.29, 0.717) is 13.0 Å². The fourth-order valence-corrected chi connectivity index (χ4v) is 0.502. The minimum atomic E-state index is -2.49. The molecule has 0 aliphatic heterocycles. The standard InChI is InChI=1S/C5H13NO3/c1-6-4-2-3-5(7,8)9/h6-9H,2-4H2,1H3. The van der Waals surface area contributed by atoms with Crippen molar-refractivity contribution in [3.05, 3.63) is 0 Å². The highest BCUT2D eigenvalue weighted by molar-refractivity contribution is 4.48. The first-order valence-corrected chi connectivity index (χ1v) is 2.88. The molecular formula is C5H13NO3. The van der Waals surface area contributed by atoms with Gasteiger partial charge in [0.1, 0.15) is 0 Å². The van der Waals surface area contributed by atoms with Crippen LogP contribution in [0.2, 0.25) is 0 Å². The summed E-state index contributed by atoms with van der Waals surface area (Å²) < 4.78 is 0. The quantitative estimate of drug-likeness (QED) is 0.283. The first kappa shape index (κ1) is 8.84. The van der Waals surface area contributed by atoms with Gasteiger partial charge in [-0.15, -0.1) is 0 Å². The highest BCUT2D eigenvalue weighted by Crippen LogP contribution is 2.01. The van der Waals surface area contributed by atoms with Crippen LogP contribution < -0.4 is 5.32 Å². The number of hydrogen-bond acceptors (Lipinski definition) is 4. The van der Waals surface area contributed by atoms with E-state index in [0.717, 1.165) is 0 Å². The van der Waals surface area contributed by atoms with Crippen LogP contribution in [0.15, 0.2) is 0 Å². The highest BCUT2D eigenvalue weighted by atomic mass is 16.7. The van der Waals surface area contributed by atoms with E-state index in [2.05, 4.69) is 5.32 Å². The van der Waals surface area contributed by atoms with Gasteiger partial charge in [-0.05, 0) is 20.0 Å². The van der Waals surface area contributed by atoms with Crippen LogP contribution in [0, 0.1) is 0 Å². The summed E-state index contributed by atoms with van der Waals surface area (Å²) in [6.07, 6.45) is 0.522. The van der Waals surface area contributed by atoms with Crippen LogP contribution in [0.3, 0.4) is 0 Å². The van der Waals surface area contributed by atoms with Crippen molar-refractivity contribution in [2.45, 2.75) is 18.8 Å². The van der Waals surface area contributed by atoms with E-state index in [1.807, 2.05) is 0 Å². The summed E-state index contributed by atoms with van der Waals surface area (Å²) in [6.45, 7) is 0.670. The Balaban J connectivity index is 3.07. The van der Waals surface area contributed by atoms with Gasteiger partial charge in [-0.1, -0.05) is 0 Å². The first-order valence-electron chi connectivity index (χ1n) is 2.88. The molecule has 0 bridgehead atoms. The molecule has 0 heterocycles. The Morgan fingerprint density at radius 2 is 1.89 bits per heavy atom. The Bertz CT molecular complexity index is 69.1. The third-order valence-corrected chi connectivity index (χ3v) is 0.939. The molecule has 4 nitrogen and oxygen atoms in total. The zero-order valence-corrected chi connectivity index (χ0v) is 5.46. The summed E-state index contributed by atoms with van der Waals surface area (Å²) in [5, 5.41) is 27.8. The van der Waals surface area contributed by atoms with E-state index >= 15 is 0 Å². The maximum Gasteiger partial charge on any atom is 0.275 e. The third kappa shape index (κ3) is 7.84. The molecule has 0 radical (unpaired) electrons. The van der Waals surface area contributed by atoms with Gasteiger partial charge in [0.2, 0.25) is 0 Å². The molecular weight excluding hydrogens is 122 g/mol. The normalized spacial score (nSPS) is 12.0. The number of hydrogen-bond donors (Lipinski definition) is 4. The highest BCUT2D eigenvalue weighted by Gasteiger charge is 2.15. The van der Waals surface area contributed by atoms with E-state index in [9.17, 15) is 0 Å². The van der Waals surface area contributed by atoms with Crippen molar-refractivity contribution in [3.8, 4) is 0 Å². The Labute approximate surface area is 54.1 Å². The van der Waals surface area contributed by atoms with Gasteiger partial charge in [0, 0.05) is 6.42 Å². The van der Waals surface area contributed by atoms with Crippen LogP contribution in [0.4, 0.5) is 0 Å². The van der Waals surface area contributed by atoms with Crippen molar-refractivity contribution in [3.63, 3.8) is 0 Å². The molecule has 0 aromatic carbocycles. The molecule has 0 aliphatic carbocycles. The molecule has 0 rings (SSSR count). The lowest BCUT2D eigenvalue weighted by molar-refractivity contribution is -0.314. The maximum atomic E-state index is 8.33. The Morgan fingerprint density at radius 3 is 2.22 bits per heavy atom. The smallest absolute Gasteiger partial charge is 0.275 e. The zero-order valence-electron chi connectivity index (χ0n) is 5.46. The summed E-state index contributed by atoms with van der Waals surface area (Å²) in [7, 11) is 1.76. The van der Waals surface area contributed by atoms with E-state index in [1.165, 1.54) is 0 Å². The monoisotopic (exact) mass is 135 g/mol. The molecule has 0 atom stereocenters. The lowest BCUT2D eigenvalue weighted by Gasteiger charge is -2.12. The average molecular weight is 135 g/mol. The summed E-state index contributed by atoms with van der Waals surface area (Å²) in [4.78, 5) is 0. The molecule has 0 unspecified atom stereocenters. The molecule has 0 aromatic rings. The van der Waals surface area contributed by atoms with Gasteiger partial charge >= 0.3 is 0 Å². The largest absolute Gasteiger partial charge is 0.344 e. The second-order valence-electron chi connectivity index (χ2n) is 1.98. The van der Waals surface area contributed by atoms with E-state index in [-0.39, 0.29) is 6.42 Å². The SMILES string of the molecule is CNCCCC(O)(O)O. The van der Waals surface area contributed by atoms with Crippen molar-refractivity contribution in [1.29, 1.82) is 0 Å². The third-order valence-electron chi connectivity index (χ3n) is 0.939. The number of aliphatic hydroxyl groups is 3. The number of rotatable bonds is 4. The predicted octanol–water partition coefficient (Wildman–Crippen LogP) is -1.38. The molecule has 56 valence electrons. The molecule has 4 heteroatoms. The molecule has 0 fully saturated rings. The Kier molecular flexibility index (Phi) is 3.72. The molecule has 0 spiro atoms. The molecule has 0 saturated carbocycles. The van der Waals surface area contributed by atoms with Gasteiger partial charge in [-0.3, -0.25) is 0 Å². The fourth-order valence-electron chi connectivity index (χ4n) is 0.502. The summed E-state index contributed by atoms with van der Waals surface area (Å²) in [5.41, 5.74) is 0. The van der Waals surface area contributed by atoms with Gasteiger partial charge in [-0.25, -0.2) is 0 Å². The van der Waals surface area contributed by atoms with Crippen molar-refractivity contribution >= 4 is 0 Å². The van der Waals surface area contributed by atoms with E-state index in [1.54, 1.807) is 7.05 Å². The zero-order chi connectivity index (χ0) is 7.33. The van der Waals surface area contributed by atoms with Crippen molar-refractivity contribution < 1.29 is 15.3 Å². The van der Waals surface area contributed by atoms with Crippen LogP contribution in [0.5, 0.6) is 0 Å². The van der Waals surface area contributed by atoms with Gasteiger partial charge in [0.25, 0.3) is 5.97 Å². The van der Waals surface area contributed by atoms with Crippen LogP contribution >= 0.6 is 0 Å². The average Bonchev–Trinajstić information content (AvgIpc) is 1.63. The van der Waals surface area contributed by atoms with Crippen molar-refractivity contribution in [1.82, 2.24) is 5.32 Å². The lowest BCUT2D eigenvalue weighted by atomic mass is 10.3. The summed E-state index contributed by atoms with van der Waals surface area (Å²) in [5.74, 6) is -2.49. The van der Waals surface area contributed by atoms with Crippen molar-refractivity contribution in [2.75, 3.05) is 13.6 Å². The van der Waals surface area contributed by atoms with Crippen LogP contribution in [-0.2, 0) is 0 Å². The van der Waals surface area contributed by atoms with Crippen LogP contribution in [0.1, 0.15) is 12.8 Å². The minimum Gasteiger partial charge on any atom is -0.344 e. The molecule has 0 aromatic heterocycles. The maximum absolute atomic E-state index is 8.33. The Morgan fingerprint density at radius 1 is 1.33 bits per heavy atom. The first-order chi connectivity index (χ1) is 4.06. The van der Waals surface area contributed by atoms with Gasteiger partial charge in [0.15, 0.2) is 0 Å². The molecule has 4 N–H and O–H groups in total. The molecule has 0 saturated heterocycles. The minimum absolute atomic E-state index is 0.0200. The summed E-state index contributed by atoms with van der Waals surface area (Å²) >= 11 is 0. The fraction of sp³-hybridized carbons (Fsp3) is 1.00. The molecule has 0 amide bonds. The second-order valence-corrected chi connectivity index (χ2v) is 1.98. The van der Waals surface area contributed by atoms with Crippen LogP contribution in [-0.4, -0.2) is 34.9 Å². The topological polar surface area (TPSA) is 72.7 Å². The van der Waals surface area contributed by atoms with Gasteiger partial charge < -0.3 is 20.6 Å². The lowest BCUT2D eigenvalue weighted by Crippen LogP contribution is -2.28.